The topological polar surface area (TPSA) is 46.6 Å². The Hall–Kier alpha value is -5.94. The summed E-state index contributed by atoms with van der Waals surface area (Å²) in [4.78, 5) is 10.6. The van der Waals surface area contributed by atoms with Gasteiger partial charge < -0.3 is 9.88 Å². The Morgan fingerprint density at radius 2 is 1.00 bits per heavy atom. The van der Waals surface area contributed by atoms with E-state index >= 15 is 0 Å². The second kappa shape index (κ2) is 9.82. The van der Waals surface area contributed by atoms with E-state index in [0.717, 1.165) is 45.0 Å². The maximum absolute atomic E-state index is 5.30. The molecule has 44 heavy (non-hydrogen) atoms. The number of fused-ring (bicyclic) bond motifs is 7. The Morgan fingerprint density at radius 1 is 0.455 bits per heavy atom. The molecule has 0 aliphatic carbocycles. The van der Waals surface area contributed by atoms with Gasteiger partial charge in [0.2, 0.25) is 6.29 Å². The molecule has 0 spiro atoms. The van der Waals surface area contributed by atoms with Crippen molar-refractivity contribution in [3.05, 3.63) is 163 Å². The van der Waals surface area contributed by atoms with E-state index in [0.29, 0.717) is 0 Å². The van der Waals surface area contributed by atoms with E-state index in [-0.39, 0.29) is 0 Å². The molecule has 3 heterocycles. The zero-order valence-corrected chi connectivity index (χ0v) is 23.8. The van der Waals surface area contributed by atoms with E-state index in [2.05, 4.69) is 130 Å². The monoisotopic (exact) mass is 565 g/mol. The molecule has 0 bridgehead atoms. The lowest BCUT2D eigenvalue weighted by Crippen LogP contribution is -2.36. The van der Waals surface area contributed by atoms with Gasteiger partial charge in [-0.3, -0.25) is 4.57 Å². The number of rotatable bonds is 4. The Kier molecular flexibility index (Phi) is 5.50. The Labute approximate surface area is 254 Å². The Balaban J connectivity index is 1.41. The Bertz CT molecular complexity index is 2340. The number of benzene rings is 6. The molecule has 208 valence electrons. The van der Waals surface area contributed by atoms with Crippen LogP contribution in [0.1, 0.15) is 17.4 Å². The highest BCUT2D eigenvalue weighted by molar-refractivity contribution is 6.26. The van der Waals surface area contributed by atoms with Crippen molar-refractivity contribution in [1.29, 1.82) is 0 Å². The van der Waals surface area contributed by atoms with Crippen LogP contribution < -0.4 is 5.32 Å². The molecular formula is C39H27N5. The van der Waals surface area contributed by atoms with Crippen molar-refractivity contribution in [1.82, 2.24) is 14.5 Å². The van der Waals surface area contributed by atoms with Gasteiger partial charge in [0.05, 0.1) is 22.1 Å². The summed E-state index contributed by atoms with van der Waals surface area (Å²) >= 11 is 0. The SMILES string of the molecule is c1ccc(C2=NC(n3c4ccccc4c4ccc5c(c6ccccc6n5-c5ccccc5)c43)N=C(c3ccccc3)N2)cc1. The molecule has 0 amide bonds. The van der Waals surface area contributed by atoms with Crippen LogP contribution in [0.3, 0.4) is 0 Å². The van der Waals surface area contributed by atoms with Crippen LogP contribution in [0.4, 0.5) is 0 Å². The molecule has 0 unspecified atom stereocenters. The second-order valence-electron chi connectivity index (χ2n) is 11.1. The maximum Gasteiger partial charge on any atom is 0.225 e. The molecule has 0 atom stereocenters. The maximum atomic E-state index is 5.30. The zero-order valence-electron chi connectivity index (χ0n) is 23.8. The standard InChI is InChI=1S/C39H27N5/c1-4-14-26(15-5-1)37-40-38(27-16-6-2-7-17-27)42-39(41-37)44-32-22-12-10-20-29(32)30-24-25-34-35(36(30)44)31-21-11-13-23-33(31)43(34)28-18-8-3-9-19-28/h1-25,39H,(H,40,41,42). The minimum atomic E-state index is -0.520. The van der Waals surface area contributed by atoms with Crippen molar-refractivity contribution >= 4 is 55.3 Å². The van der Waals surface area contributed by atoms with E-state index in [1.807, 2.05) is 36.4 Å². The predicted octanol–water partition coefficient (Wildman–Crippen LogP) is 8.84. The van der Waals surface area contributed by atoms with Crippen LogP contribution in [0.5, 0.6) is 0 Å². The molecule has 1 N–H and O–H groups in total. The van der Waals surface area contributed by atoms with E-state index in [9.17, 15) is 0 Å². The summed E-state index contributed by atoms with van der Waals surface area (Å²) in [6, 6.07) is 53.1. The average molecular weight is 566 g/mol. The Morgan fingerprint density at radius 3 is 1.66 bits per heavy atom. The summed E-state index contributed by atoms with van der Waals surface area (Å²) in [6.07, 6.45) is -0.520. The second-order valence-corrected chi connectivity index (χ2v) is 11.1. The smallest absolute Gasteiger partial charge is 0.225 e. The summed E-state index contributed by atoms with van der Waals surface area (Å²) < 4.78 is 4.70. The predicted molar refractivity (Wildman–Crippen MR) is 182 cm³/mol. The van der Waals surface area contributed by atoms with Gasteiger partial charge in [0.25, 0.3) is 0 Å². The highest BCUT2D eigenvalue weighted by atomic mass is 15.3. The summed E-state index contributed by atoms with van der Waals surface area (Å²) in [6.45, 7) is 0. The lowest BCUT2D eigenvalue weighted by Gasteiger charge is -2.24. The molecule has 0 fully saturated rings. The first-order valence-electron chi connectivity index (χ1n) is 14.9. The van der Waals surface area contributed by atoms with E-state index in [1.54, 1.807) is 0 Å². The van der Waals surface area contributed by atoms with Gasteiger partial charge in [-0.25, -0.2) is 9.98 Å². The minimum absolute atomic E-state index is 0.520. The molecular weight excluding hydrogens is 538 g/mol. The van der Waals surface area contributed by atoms with E-state index in [4.69, 9.17) is 9.98 Å². The average Bonchev–Trinajstić information content (AvgIpc) is 3.62. The van der Waals surface area contributed by atoms with E-state index in [1.165, 1.54) is 27.1 Å². The number of aromatic nitrogens is 2. The van der Waals surface area contributed by atoms with Crippen LogP contribution >= 0.6 is 0 Å². The number of amidine groups is 2. The van der Waals surface area contributed by atoms with Crippen LogP contribution in [-0.2, 0) is 0 Å². The number of nitrogens with zero attached hydrogens (tertiary/aromatic N) is 4. The molecule has 0 saturated carbocycles. The fourth-order valence-electron chi connectivity index (χ4n) is 6.67. The molecule has 1 aliphatic rings. The van der Waals surface area contributed by atoms with Crippen molar-refractivity contribution in [3.63, 3.8) is 0 Å². The van der Waals surface area contributed by atoms with Crippen molar-refractivity contribution in [2.24, 2.45) is 9.98 Å². The molecule has 1 aliphatic heterocycles. The molecule has 0 radical (unpaired) electrons. The van der Waals surface area contributed by atoms with Gasteiger partial charge in [0, 0.05) is 38.4 Å². The quantitative estimate of drug-likeness (QED) is 0.228. The molecule has 9 rings (SSSR count). The molecule has 0 saturated heterocycles. The van der Waals surface area contributed by atoms with Crippen molar-refractivity contribution < 1.29 is 0 Å². The lowest BCUT2D eigenvalue weighted by atomic mass is 10.1. The van der Waals surface area contributed by atoms with Gasteiger partial charge in [-0.1, -0.05) is 121 Å². The van der Waals surface area contributed by atoms with Gasteiger partial charge in [-0.2, -0.15) is 0 Å². The summed E-state index contributed by atoms with van der Waals surface area (Å²) in [7, 11) is 0. The van der Waals surface area contributed by atoms with Crippen molar-refractivity contribution in [2.45, 2.75) is 6.29 Å². The number of aliphatic imine (C=N–C) groups is 2. The molecule has 5 nitrogen and oxygen atoms in total. The number of hydrogen-bond acceptors (Lipinski definition) is 3. The fourth-order valence-corrected chi connectivity index (χ4v) is 6.67. The van der Waals surface area contributed by atoms with Crippen LogP contribution in [-0.4, -0.2) is 20.8 Å². The largest absolute Gasteiger partial charge is 0.324 e. The lowest BCUT2D eigenvalue weighted by molar-refractivity contribution is 0.576. The third-order valence-electron chi connectivity index (χ3n) is 8.57. The van der Waals surface area contributed by atoms with Crippen LogP contribution in [0.25, 0.3) is 49.3 Å². The third-order valence-corrected chi connectivity index (χ3v) is 8.57. The zero-order chi connectivity index (χ0) is 29.0. The highest BCUT2D eigenvalue weighted by Gasteiger charge is 2.26. The first kappa shape index (κ1) is 24.6. The van der Waals surface area contributed by atoms with E-state index < -0.39 is 6.29 Å². The fraction of sp³-hybridized carbons (Fsp3) is 0.0256. The van der Waals surface area contributed by atoms with Gasteiger partial charge in [0.15, 0.2) is 0 Å². The summed E-state index contributed by atoms with van der Waals surface area (Å²) in [5.41, 5.74) is 7.74. The van der Waals surface area contributed by atoms with Gasteiger partial charge in [-0.05, 0) is 30.3 Å². The van der Waals surface area contributed by atoms with Crippen molar-refractivity contribution in [3.8, 4) is 5.69 Å². The summed E-state index contributed by atoms with van der Waals surface area (Å²) in [5.74, 6) is 1.60. The van der Waals surface area contributed by atoms with Gasteiger partial charge in [0.1, 0.15) is 11.7 Å². The molecule has 6 aromatic carbocycles. The number of nitrogens with one attached hydrogen (secondary N) is 1. The highest BCUT2D eigenvalue weighted by Crippen LogP contribution is 2.42. The van der Waals surface area contributed by atoms with Crippen LogP contribution in [0, 0.1) is 0 Å². The first-order chi connectivity index (χ1) is 21.8. The number of para-hydroxylation sites is 3. The van der Waals surface area contributed by atoms with Crippen molar-refractivity contribution in [2.75, 3.05) is 0 Å². The van der Waals surface area contributed by atoms with Gasteiger partial charge in [-0.15, -0.1) is 0 Å². The van der Waals surface area contributed by atoms with Crippen LogP contribution in [0.15, 0.2) is 162 Å². The third kappa shape index (κ3) is 3.73. The summed E-state index contributed by atoms with van der Waals surface area (Å²) in [5, 5.41) is 8.33. The number of hydrogen-bond donors (Lipinski definition) is 1. The first-order valence-corrected chi connectivity index (χ1v) is 14.9. The molecule has 8 aromatic rings. The van der Waals surface area contributed by atoms with Gasteiger partial charge >= 0.3 is 0 Å². The minimum Gasteiger partial charge on any atom is -0.324 e. The normalized spacial score (nSPS) is 13.8. The van der Waals surface area contributed by atoms with Crippen LogP contribution in [0.2, 0.25) is 0 Å². The molecule has 2 aromatic heterocycles. The molecule has 5 heteroatoms.